The topological polar surface area (TPSA) is 3.24 Å². The number of benzene rings is 10. The minimum absolute atomic E-state index is 0.167. The normalized spacial score (nSPS) is 15.1. The van der Waals surface area contributed by atoms with E-state index < -0.39 is 0 Å². The van der Waals surface area contributed by atoms with Crippen molar-refractivity contribution in [2.45, 2.75) is 31.6 Å². The van der Waals surface area contributed by atoms with E-state index in [1.54, 1.807) is 0 Å². The molecule has 0 amide bonds. The summed E-state index contributed by atoms with van der Waals surface area (Å²) in [6.45, 7) is 7.18. The van der Waals surface area contributed by atoms with Gasteiger partial charge in [0.15, 0.2) is 0 Å². The van der Waals surface area contributed by atoms with Crippen molar-refractivity contribution >= 4 is 17.1 Å². The van der Waals surface area contributed by atoms with Crippen LogP contribution in [0.3, 0.4) is 0 Å². The summed E-state index contributed by atoms with van der Waals surface area (Å²) in [5.74, 6) is 0. The highest BCUT2D eigenvalue weighted by Gasteiger charge is 2.42. The summed E-state index contributed by atoms with van der Waals surface area (Å²) in [6, 6.07) is 89.6. The Bertz CT molecular complexity index is 3420. The molecule has 0 saturated carbocycles. The molecule has 1 heteroatoms. The average molecular weight is 844 g/mol. The number of fused-ring (bicyclic) bond motifs is 6. The van der Waals surface area contributed by atoms with Gasteiger partial charge in [0.05, 0.1) is 5.69 Å². The van der Waals surface area contributed by atoms with Crippen molar-refractivity contribution in [2.75, 3.05) is 4.90 Å². The summed E-state index contributed by atoms with van der Waals surface area (Å²) >= 11 is 0. The molecule has 0 bridgehead atoms. The Labute approximate surface area is 389 Å². The van der Waals surface area contributed by atoms with E-state index in [0.29, 0.717) is 0 Å². The van der Waals surface area contributed by atoms with E-state index in [-0.39, 0.29) is 10.8 Å². The molecule has 0 spiro atoms. The first kappa shape index (κ1) is 39.6. The molecule has 66 heavy (non-hydrogen) atoms. The van der Waals surface area contributed by atoms with Crippen molar-refractivity contribution in [1.82, 2.24) is 0 Å². The largest absolute Gasteiger partial charge is 0.310 e. The van der Waals surface area contributed by atoms with Gasteiger partial charge in [0, 0.05) is 27.8 Å². The van der Waals surface area contributed by atoms with Crippen LogP contribution in [0, 0.1) is 0 Å². The van der Waals surface area contributed by atoms with Gasteiger partial charge in [-0.2, -0.15) is 0 Å². The molecule has 0 aliphatic heterocycles. The van der Waals surface area contributed by atoms with E-state index in [9.17, 15) is 0 Å². The summed E-state index contributed by atoms with van der Waals surface area (Å²) in [5, 5.41) is 0. The fourth-order valence-corrected chi connectivity index (χ4v) is 11.2. The van der Waals surface area contributed by atoms with Crippen LogP contribution in [0.15, 0.2) is 243 Å². The fraction of sp³-hybridized carbons (Fsp3) is 0.0769. The standard InChI is InChI=1S/C65H49N/c1-64(2)59-26-13-10-22-54(59)57-24-16-25-58(63(57)64)56-23-12-15-28-62(56)66(52-41-42-55-53-21-11-14-27-60(53)65(3,61(55)43-52)50-19-8-5-9-20-50)51-39-37-49(38-40-51)48-35-33-47(34-36-48)46-31-29-45(30-32-46)44-17-6-4-7-18-44/h4-43H,1-3H3. The first-order valence-corrected chi connectivity index (χ1v) is 23.2. The molecule has 2 aliphatic rings. The van der Waals surface area contributed by atoms with Crippen LogP contribution in [-0.4, -0.2) is 0 Å². The highest BCUT2D eigenvalue weighted by atomic mass is 15.1. The third-order valence-corrected chi connectivity index (χ3v) is 14.6. The van der Waals surface area contributed by atoms with Crippen LogP contribution >= 0.6 is 0 Å². The molecule has 10 aromatic carbocycles. The lowest BCUT2D eigenvalue weighted by molar-refractivity contribution is 0.662. The van der Waals surface area contributed by atoms with Gasteiger partial charge in [-0.1, -0.05) is 226 Å². The predicted molar refractivity (Wildman–Crippen MR) is 278 cm³/mol. The Morgan fingerprint density at radius 3 is 1.30 bits per heavy atom. The number of para-hydroxylation sites is 1. The second kappa shape index (κ2) is 15.6. The number of rotatable bonds is 8. The first-order valence-electron chi connectivity index (χ1n) is 23.2. The molecule has 0 aromatic heterocycles. The quantitative estimate of drug-likeness (QED) is 0.147. The Hall–Kier alpha value is -8.00. The molecular formula is C65H49N. The van der Waals surface area contributed by atoms with Gasteiger partial charge in [0.2, 0.25) is 0 Å². The maximum atomic E-state index is 2.49. The van der Waals surface area contributed by atoms with Crippen LogP contribution in [0.5, 0.6) is 0 Å². The van der Waals surface area contributed by atoms with Crippen molar-refractivity contribution in [1.29, 1.82) is 0 Å². The molecule has 1 unspecified atom stereocenters. The zero-order valence-electron chi connectivity index (χ0n) is 37.5. The average Bonchev–Trinajstić information content (AvgIpc) is 3.79. The summed E-state index contributed by atoms with van der Waals surface area (Å²) < 4.78 is 0. The van der Waals surface area contributed by atoms with E-state index in [1.807, 2.05) is 0 Å². The summed E-state index contributed by atoms with van der Waals surface area (Å²) in [6.07, 6.45) is 0. The smallest absolute Gasteiger partial charge is 0.0540 e. The zero-order chi connectivity index (χ0) is 44.4. The summed E-state index contributed by atoms with van der Waals surface area (Å²) in [4.78, 5) is 2.49. The van der Waals surface area contributed by atoms with Crippen molar-refractivity contribution in [2.24, 2.45) is 0 Å². The number of anilines is 3. The monoisotopic (exact) mass is 843 g/mol. The maximum absolute atomic E-state index is 2.49. The minimum atomic E-state index is -0.329. The molecule has 10 aromatic rings. The third kappa shape index (κ3) is 6.30. The summed E-state index contributed by atoms with van der Waals surface area (Å²) in [7, 11) is 0. The Kier molecular flexibility index (Phi) is 9.36. The second-order valence-electron chi connectivity index (χ2n) is 18.6. The minimum Gasteiger partial charge on any atom is -0.310 e. The van der Waals surface area contributed by atoms with Gasteiger partial charge in [-0.05, 0) is 126 Å². The summed E-state index contributed by atoms with van der Waals surface area (Å²) in [5.41, 5.74) is 24.6. The van der Waals surface area contributed by atoms with E-state index in [4.69, 9.17) is 0 Å². The van der Waals surface area contributed by atoms with Crippen molar-refractivity contribution in [3.8, 4) is 66.8 Å². The van der Waals surface area contributed by atoms with Gasteiger partial charge < -0.3 is 4.90 Å². The van der Waals surface area contributed by atoms with Gasteiger partial charge in [-0.25, -0.2) is 0 Å². The number of hydrogen-bond donors (Lipinski definition) is 0. The second-order valence-corrected chi connectivity index (χ2v) is 18.6. The zero-order valence-corrected chi connectivity index (χ0v) is 37.5. The molecule has 0 heterocycles. The first-order chi connectivity index (χ1) is 32.4. The van der Waals surface area contributed by atoms with Crippen molar-refractivity contribution in [3.05, 3.63) is 270 Å². The van der Waals surface area contributed by atoms with E-state index in [0.717, 1.165) is 17.1 Å². The van der Waals surface area contributed by atoms with Gasteiger partial charge in [0.1, 0.15) is 0 Å². The maximum Gasteiger partial charge on any atom is 0.0540 e. The molecule has 0 radical (unpaired) electrons. The SMILES string of the molecule is CC1(C)c2ccccc2-c2cccc(-c3ccccc3N(c3ccc(-c4ccc(-c5ccc(-c6ccccc6)cc5)cc4)cc3)c3ccc4c(c3)C(C)(c3ccccc3)c3ccccc3-4)c21. The molecule has 0 fully saturated rings. The molecule has 12 rings (SSSR count). The van der Waals surface area contributed by atoms with Gasteiger partial charge in [-0.3, -0.25) is 0 Å². The lowest BCUT2D eigenvalue weighted by atomic mass is 9.74. The number of hydrogen-bond acceptors (Lipinski definition) is 1. The molecule has 1 atom stereocenters. The predicted octanol–water partition coefficient (Wildman–Crippen LogP) is 17.5. The molecular weight excluding hydrogens is 795 g/mol. The van der Waals surface area contributed by atoms with Crippen LogP contribution in [0.2, 0.25) is 0 Å². The molecule has 314 valence electrons. The number of nitrogens with zero attached hydrogens (tertiary/aromatic N) is 1. The van der Waals surface area contributed by atoms with Gasteiger partial charge in [-0.15, -0.1) is 0 Å². The lowest BCUT2D eigenvalue weighted by Crippen LogP contribution is -2.23. The lowest BCUT2D eigenvalue weighted by Gasteiger charge is -2.32. The molecule has 0 saturated heterocycles. The Morgan fingerprint density at radius 2 is 0.697 bits per heavy atom. The Balaban J connectivity index is 0.979. The van der Waals surface area contributed by atoms with Gasteiger partial charge >= 0.3 is 0 Å². The Morgan fingerprint density at radius 1 is 0.288 bits per heavy atom. The molecule has 1 nitrogen and oxygen atoms in total. The third-order valence-electron chi connectivity index (χ3n) is 14.6. The van der Waals surface area contributed by atoms with Crippen molar-refractivity contribution in [3.63, 3.8) is 0 Å². The molecule has 0 N–H and O–H groups in total. The van der Waals surface area contributed by atoms with E-state index >= 15 is 0 Å². The van der Waals surface area contributed by atoms with Crippen LogP contribution in [0.4, 0.5) is 17.1 Å². The molecule has 2 aliphatic carbocycles. The van der Waals surface area contributed by atoms with E-state index in [1.165, 1.54) is 94.6 Å². The van der Waals surface area contributed by atoms with Gasteiger partial charge in [0.25, 0.3) is 0 Å². The van der Waals surface area contributed by atoms with Crippen LogP contribution < -0.4 is 4.90 Å². The highest BCUT2D eigenvalue weighted by molar-refractivity contribution is 5.96. The van der Waals surface area contributed by atoms with Crippen molar-refractivity contribution < 1.29 is 0 Å². The van der Waals surface area contributed by atoms with Crippen LogP contribution in [-0.2, 0) is 10.8 Å². The highest BCUT2D eigenvalue weighted by Crippen LogP contribution is 2.56. The van der Waals surface area contributed by atoms with Crippen LogP contribution in [0.1, 0.15) is 48.6 Å². The van der Waals surface area contributed by atoms with E-state index in [2.05, 4.69) is 268 Å². The fourth-order valence-electron chi connectivity index (χ4n) is 11.2. The van der Waals surface area contributed by atoms with Crippen LogP contribution in [0.25, 0.3) is 66.8 Å².